The number of hydrogen-bond acceptors (Lipinski definition) is 1. The maximum absolute atomic E-state index is 2.42. The quantitative estimate of drug-likeness (QED) is 0.602. The van der Waals surface area contributed by atoms with Crippen molar-refractivity contribution in [1.29, 1.82) is 0 Å². The monoisotopic (exact) mass is 153 g/mol. The highest BCUT2D eigenvalue weighted by atomic mass is 15.2. The Bertz CT molecular complexity index is 143. The molecule has 0 aromatic rings. The zero-order valence-corrected chi connectivity index (χ0v) is 7.93. The summed E-state index contributed by atoms with van der Waals surface area (Å²) in [5.41, 5.74) is 1.50. The summed E-state index contributed by atoms with van der Waals surface area (Å²) in [4.78, 5) is 2.42. The first kappa shape index (κ1) is 8.63. The number of rotatable bonds is 3. The van der Waals surface area contributed by atoms with Crippen LogP contribution in [0.2, 0.25) is 0 Å². The van der Waals surface area contributed by atoms with Crippen molar-refractivity contribution < 1.29 is 0 Å². The Morgan fingerprint density at radius 3 is 2.55 bits per heavy atom. The van der Waals surface area contributed by atoms with E-state index >= 15 is 0 Å². The Morgan fingerprint density at radius 2 is 2.09 bits per heavy atom. The molecule has 0 unspecified atom stereocenters. The van der Waals surface area contributed by atoms with Crippen molar-refractivity contribution >= 4 is 0 Å². The van der Waals surface area contributed by atoms with Crippen LogP contribution in [0.5, 0.6) is 0 Å². The van der Waals surface area contributed by atoms with Gasteiger partial charge in [0.1, 0.15) is 0 Å². The minimum atomic E-state index is 0.968. The van der Waals surface area contributed by atoms with E-state index in [1.54, 1.807) is 0 Å². The van der Waals surface area contributed by atoms with Crippen molar-refractivity contribution in [2.45, 2.75) is 33.6 Å². The van der Waals surface area contributed by atoms with Gasteiger partial charge < -0.3 is 4.90 Å². The van der Waals surface area contributed by atoms with Gasteiger partial charge in [-0.05, 0) is 31.9 Å². The van der Waals surface area contributed by atoms with Crippen LogP contribution in [0.4, 0.5) is 0 Å². The van der Waals surface area contributed by atoms with Crippen molar-refractivity contribution in [3.63, 3.8) is 0 Å². The van der Waals surface area contributed by atoms with Gasteiger partial charge in [-0.25, -0.2) is 0 Å². The van der Waals surface area contributed by atoms with E-state index in [1.807, 2.05) is 0 Å². The summed E-state index contributed by atoms with van der Waals surface area (Å²) < 4.78 is 0. The van der Waals surface area contributed by atoms with Gasteiger partial charge in [0.2, 0.25) is 0 Å². The van der Waals surface area contributed by atoms with E-state index in [-0.39, 0.29) is 0 Å². The summed E-state index contributed by atoms with van der Waals surface area (Å²) in [6.07, 6.45) is 4.84. The van der Waals surface area contributed by atoms with Gasteiger partial charge in [-0.3, -0.25) is 0 Å². The third-order valence-corrected chi connectivity index (χ3v) is 2.52. The minimum Gasteiger partial charge on any atom is -0.377 e. The Morgan fingerprint density at radius 1 is 1.45 bits per heavy atom. The molecule has 1 aliphatic rings. The molecule has 0 radical (unpaired) electrons. The van der Waals surface area contributed by atoms with Gasteiger partial charge in [0, 0.05) is 13.1 Å². The summed E-state index contributed by atoms with van der Waals surface area (Å²) in [5, 5.41) is 0. The molecule has 1 rings (SSSR count). The molecule has 64 valence electrons. The van der Waals surface area contributed by atoms with Crippen LogP contribution in [-0.4, -0.2) is 18.0 Å². The number of allylic oxidation sites excluding steroid dienone is 1. The summed E-state index contributed by atoms with van der Waals surface area (Å²) >= 11 is 0. The molecule has 0 amide bonds. The molecule has 0 aliphatic carbocycles. The first-order valence-corrected chi connectivity index (χ1v) is 4.67. The van der Waals surface area contributed by atoms with E-state index in [1.165, 1.54) is 31.5 Å². The highest BCUT2D eigenvalue weighted by Gasteiger charge is 2.21. The van der Waals surface area contributed by atoms with Crippen LogP contribution in [0, 0.1) is 5.92 Å². The molecule has 0 bridgehead atoms. The minimum absolute atomic E-state index is 0.968. The number of hydrogen-bond donors (Lipinski definition) is 0. The average Bonchev–Trinajstić information content (AvgIpc) is 1.95. The first-order chi connectivity index (χ1) is 5.26. The van der Waals surface area contributed by atoms with Crippen LogP contribution in [0.15, 0.2) is 11.8 Å². The molecule has 1 heteroatoms. The van der Waals surface area contributed by atoms with Gasteiger partial charge in [-0.15, -0.1) is 0 Å². The van der Waals surface area contributed by atoms with E-state index in [4.69, 9.17) is 0 Å². The molecule has 0 atom stereocenters. The second kappa shape index (κ2) is 3.80. The number of nitrogens with zero attached hydrogens (tertiary/aromatic N) is 1. The lowest BCUT2D eigenvalue weighted by atomic mass is 9.98. The third-order valence-electron chi connectivity index (χ3n) is 2.52. The fourth-order valence-corrected chi connectivity index (χ4v) is 1.38. The second-order valence-electron chi connectivity index (χ2n) is 3.56. The average molecular weight is 153 g/mol. The van der Waals surface area contributed by atoms with Gasteiger partial charge in [0.15, 0.2) is 0 Å². The van der Waals surface area contributed by atoms with Gasteiger partial charge in [0.05, 0.1) is 0 Å². The highest BCUT2D eigenvalue weighted by molar-refractivity contribution is 4.99. The Labute approximate surface area is 70.1 Å². The van der Waals surface area contributed by atoms with Crippen molar-refractivity contribution in [3.05, 3.63) is 11.8 Å². The van der Waals surface area contributed by atoms with Crippen LogP contribution < -0.4 is 0 Å². The summed E-state index contributed by atoms with van der Waals surface area (Å²) in [5.74, 6) is 0.968. The fourth-order valence-electron chi connectivity index (χ4n) is 1.38. The molecule has 1 heterocycles. The van der Waals surface area contributed by atoms with E-state index in [2.05, 4.69) is 31.9 Å². The molecule has 1 saturated heterocycles. The fraction of sp³-hybridized carbons (Fsp3) is 0.800. The Balaban J connectivity index is 2.22. The lowest BCUT2D eigenvalue weighted by Crippen LogP contribution is -2.42. The lowest BCUT2D eigenvalue weighted by molar-refractivity contribution is 0.155. The van der Waals surface area contributed by atoms with Crippen molar-refractivity contribution in [1.82, 2.24) is 4.90 Å². The van der Waals surface area contributed by atoms with Crippen LogP contribution in [-0.2, 0) is 0 Å². The molecule has 0 spiro atoms. The first-order valence-electron chi connectivity index (χ1n) is 4.67. The van der Waals surface area contributed by atoms with Crippen molar-refractivity contribution in [2.75, 3.05) is 13.1 Å². The molecule has 0 aromatic carbocycles. The van der Waals surface area contributed by atoms with E-state index in [9.17, 15) is 0 Å². The molecular weight excluding hydrogens is 134 g/mol. The molecule has 1 nitrogen and oxygen atoms in total. The Kier molecular flexibility index (Phi) is 2.98. The standard InChI is InChI=1S/C10H19N/c1-4-9(3)6-11-7-10(5-2)8-11/h6,10H,4-5,7-8H2,1-3H3. The maximum Gasteiger partial charge on any atom is 0.0217 e. The molecule has 0 N–H and O–H groups in total. The summed E-state index contributed by atoms with van der Waals surface area (Å²) in [6.45, 7) is 9.27. The van der Waals surface area contributed by atoms with Crippen molar-refractivity contribution in [2.24, 2.45) is 5.92 Å². The zero-order chi connectivity index (χ0) is 8.27. The predicted molar refractivity (Wildman–Crippen MR) is 49.4 cm³/mol. The largest absolute Gasteiger partial charge is 0.377 e. The molecular formula is C10H19N. The van der Waals surface area contributed by atoms with Gasteiger partial charge in [0.25, 0.3) is 0 Å². The van der Waals surface area contributed by atoms with Gasteiger partial charge in [-0.1, -0.05) is 19.4 Å². The predicted octanol–water partition coefficient (Wildman–Crippen LogP) is 2.64. The van der Waals surface area contributed by atoms with Crippen LogP contribution in [0.1, 0.15) is 33.6 Å². The zero-order valence-electron chi connectivity index (χ0n) is 7.93. The smallest absolute Gasteiger partial charge is 0.0217 e. The van der Waals surface area contributed by atoms with E-state index < -0.39 is 0 Å². The Hall–Kier alpha value is -0.460. The summed E-state index contributed by atoms with van der Waals surface area (Å²) in [6, 6.07) is 0. The normalized spacial score (nSPS) is 20.3. The second-order valence-corrected chi connectivity index (χ2v) is 3.56. The van der Waals surface area contributed by atoms with Gasteiger partial charge in [-0.2, -0.15) is 0 Å². The van der Waals surface area contributed by atoms with E-state index in [0.29, 0.717) is 0 Å². The molecule has 0 saturated carbocycles. The third kappa shape index (κ3) is 2.25. The maximum atomic E-state index is 2.42. The van der Waals surface area contributed by atoms with E-state index in [0.717, 1.165) is 5.92 Å². The molecule has 1 aliphatic heterocycles. The van der Waals surface area contributed by atoms with Crippen molar-refractivity contribution in [3.8, 4) is 0 Å². The summed E-state index contributed by atoms with van der Waals surface area (Å²) in [7, 11) is 0. The molecule has 1 fully saturated rings. The SMILES string of the molecule is CCC(C)=CN1CC(CC)C1. The lowest BCUT2D eigenvalue weighted by Gasteiger charge is -2.38. The van der Waals surface area contributed by atoms with Crippen LogP contribution in [0.25, 0.3) is 0 Å². The molecule has 11 heavy (non-hydrogen) atoms. The topological polar surface area (TPSA) is 3.24 Å². The highest BCUT2D eigenvalue weighted by Crippen LogP contribution is 2.19. The van der Waals surface area contributed by atoms with Crippen LogP contribution >= 0.6 is 0 Å². The van der Waals surface area contributed by atoms with Crippen LogP contribution in [0.3, 0.4) is 0 Å². The van der Waals surface area contributed by atoms with Gasteiger partial charge >= 0.3 is 0 Å². The molecule has 0 aromatic heterocycles. The number of likely N-dealkylation sites (tertiary alicyclic amines) is 1.